The first kappa shape index (κ1) is 22.2. The number of para-hydroxylation sites is 2. The summed E-state index contributed by atoms with van der Waals surface area (Å²) in [6, 6.07) is 18.3. The number of amides is 1. The second kappa shape index (κ2) is 9.08. The first-order valence-electron chi connectivity index (χ1n) is 9.09. The smallest absolute Gasteiger partial charge is 0.264 e. The Balaban J connectivity index is 1.99. The molecular formula is C22H20Cl2N2O3S. The number of benzene rings is 3. The van der Waals surface area contributed by atoms with E-state index in [1.54, 1.807) is 61.5 Å². The first-order valence-corrected chi connectivity index (χ1v) is 11.3. The summed E-state index contributed by atoms with van der Waals surface area (Å²) in [4.78, 5) is 12.9. The molecule has 0 aliphatic carbocycles. The van der Waals surface area contributed by atoms with Crippen LogP contribution in [0.3, 0.4) is 0 Å². The highest BCUT2D eigenvalue weighted by Crippen LogP contribution is 2.31. The number of halogens is 2. The molecule has 3 aromatic carbocycles. The van der Waals surface area contributed by atoms with Crippen LogP contribution in [0.2, 0.25) is 10.0 Å². The highest BCUT2D eigenvalue weighted by Gasteiger charge is 2.28. The zero-order valence-corrected chi connectivity index (χ0v) is 18.7. The number of nitrogens with zero attached hydrogens (tertiary/aromatic N) is 1. The van der Waals surface area contributed by atoms with E-state index in [-0.39, 0.29) is 20.6 Å². The van der Waals surface area contributed by atoms with Gasteiger partial charge >= 0.3 is 0 Å². The Morgan fingerprint density at radius 3 is 2.10 bits per heavy atom. The Morgan fingerprint density at radius 2 is 1.50 bits per heavy atom. The number of aryl methyl sites for hydroxylation is 2. The molecule has 0 saturated heterocycles. The number of nitrogens with one attached hydrogen (secondary N) is 1. The normalized spacial score (nSPS) is 11.2. The van der Waals surface area contributed by atoms with Crippen molar-refractivity contribution in [1.82, 2.24) is 0 Å². The van der Waals surface area contributed by atoms with Crippen LogP contribution in [0.15, 0.2) is 71.6 Å². The number of anilines is 2. The van der Waals surface area contributed by atoms with Crippen LogP contribution in [0.4, 0.5) is 11.4 Å². The van der Waals surface area contributed by atoms with Gasteiger partial charge in [-0.3, -0.25) is 9.10 Å². The molecule has 1 amide bonds. The third kappa shape index (κ3) is 4.78. The van der Waals surface area contributed by atoms with Crippen LogP contribution in [-0.2, 0) is 14.8 Å². The summed E-state index contributed by atoms with van der Waals surface area (Å²) in [7, 11) is -3.99. The summed E-state index contributed by atoms with van der Waals surface area (Å²) in [5.74, 6) is -0.566. The molecule has 0 atom stereocenters. The highest BCUT2D eigenvalue weighted by atomic mass is 35.5. The predicted octanol–water partition coefficient (Wildman–Crippen LogP) is 5.44. The van der Waals surface area contributed by atoms with Gasteiger partial charge in [0.25, 0.3) is 10.0 Å². The first-order chi connectivity index (χ1) is 14.2. The van der Waals surface area contributed by atoms with E-state index in [1.807, 2.05) is 6.92 Å². The minimum atomic E-state index is -3.99. The van der Waals surface area contributed by atoms with Crippen LogP contribution < -0.4 is 9.62 Å². The Kier molecular flexibility index (Phi) is 6.71. The topological polar surface area (TPSA) is 66.5 Å². The zero-order valence-electron chi connectivity index (χ0n) is 16.4. The van der Waals surface area contributed by atoms with Crippen molar-refractivity contribution in [1.29, 1.82) is 0 Å². The van der Waals surface area contributed by atoms with E-state index < -0.39 is 22.5 Å². The molecule has 5 nitrogen and oxygen atoms in total. The van der Waals surface area contributed by atoms with Gasteiger partial charge in [0.05, 0.1) is 26.3 Å². The van der Waals surface area contributed by atoms with E-state index >= 15 is 0 Å². The zero-order chi connectivity index (χ0) is 21.9. The van der Waals surface area contributed by atoms with Crippen molar-refractivity contribution in [3.8, 4) is 0 Å². The van der Waals surface area contributed by atoms with E-state index in [9.17, 15) is 13.2 Å². The molecule has 0 aliphatic rings. The monoisotopic (exact) mass is 462 g/mol. The summed E-state index contributed by atoms with van der Waals surface area (Å²) in [5.41, 5.74) is 2.31. The lowest BCUT2D eigenvalue weighted by molar-refractivity contribution is -0.114. The molecule has 1 N–H and O–H groups in total. The fraction of sp³-hybridized carbons (Fsp3) is 0.136. The molecule has 3 aromatic rings. The maximum absolute atomic E-state index is 13.4. The minimum Gasteiger partial charge on any atom is -0.322 e. The van der Waals surface area contributed by atoms with Gasteiger partial charge in [0.2, 0.25) is 5.91 Å². The molecule has 8 heteroatoms. The van der Waals surface area contributed by atoms with Crippen LogP contribution in [0.5, 0.6) is 0 Å². The van der Waals surface area contributed by atoms with Gasteiger partial charge in [0.15, 0.2) is 0 Å². The fourth-order valence-electron chi connectivity index (χ4n) is 2.91. The van der Waals surface area contributed by atoms with Gasteiger partial charge in [-0.25, -0.2) is 8.42 Å². The molecule has 0 spiro atoms. The Morgan fingerprint density at radius 1 is 0.900 bits per heavy atom. The lowest BCUT2D eigenvalue weighted by Crippen LogP contribution is -2.38. The molecule has 156 valence electrons. The summed E-state index contributed by atoms with van der Waals surface area (Å²) in [6.07, 6.45) is 0. The number of sulfonamides is 1. The molecule has 0 aromatic heterocycles. The SMILES string of the molecule is Cc1ccc(S(=O)(=O)N(CC(=O)Nc2c(Cl)cccc2Cl)c2ccccc2C)cc1. The van der Waals surface area contributed by atoms with Crippen molar-refractivity contribution in [2.45, 2.75) is 18.7 Å². The van der Waals surface area contributed by atoms with Gasteiger partial charge in [0, 0.05) is 0 Å². The van der Waals surface area contributed by atoms with E-state index in [1.165, 1.54) is 12.1 Å². The summed E-state index contributed by atoms with van der Waals surface area (Å²) < 4.78 is 27.9. The highest BCUT2D eigenvalue weighted by molar-refractivity contribution is 7.92. The van der Waals surface area contributed by atoms with Gasteiger partial charge in [-0.05, 0) is 49.7 Å². The van der Waals surface area contributed by atoms with E-state index in [4.69, 9.17) is 23.2 Å². The summed E-state index contributed by atoms with van der Waals surface area (Å²) in [5, 5.41) is 3.15. The molecule has 0 aliphatic heterocycles. The van der Waals surface area contributed by atoms with Crippen LogP contribution in [0, 0.1) is 13.8 Å². The fourth-order valence-corrected chi connectivity index (χ4v) is 4.88. The largest absolute Gasteiger partial charge is 0.322 e. The van der Waals surface area contributed by atoms with E-state index in [2.05, 4.69) is 5.32 Å². The van der Waals surface area contributed by atoms with Gasteiger partial charge < -0.3 is 5.32 Å². The molecule has 0 heterocycles. The molecule has 0 radical (unpaired) electrons. The Hall–Kier alpha value is -2.54. The molecule has 30 heavy (non-hydrogen) atoms. The second-order valence-electron chi connectivity index (χ2n) is 6.76. The van der Waals surface area contributed by atoms with E-state index in [0.717, 1.165) is 15.4 Å². The van der Waals surface area contributed by atoms with Crippen molar-refractivity contribution in [3.05, 3.63) is 87.9 Å². The van der Waals surface area contributed by atoms with Crippen LogP contribution in [0.1, 0.15) is 11.1 Å². The average molecular weight is 463 g/mol. The quantitative estimate of drug-likeness (QED) is 0.529. The standard InChI is InChI=1S/C22H20Cl2N2O3S/c1-15-10-12-17(13-11-15)30(28,29)26(20-9-4-3-6-16(20)2)14-21(27)25-22-18(23)7-5-8-19(22)24/h3-13H,14H2,1-2H3,(H,25,27). The third-order valence-corrected chi connectivity index (χ3v) is 6.91. The van der Waals surface area contributed by atoms with Crippen LogP contribution in [-0.4, -0.2) is 20.9 Å². The van der Waals surface area contributed by atoms with Crippen LogP contribution in [0.25, 0.3) is 0 Å². The number of hydrogen-bond donors (Lipinski definition) is 1. The number of hydrogen-bond acceptors (Lipinski definition) is 3. The number of rotatable bonds is 6. The van der Waals surface area contributed by atoms with Gasteiger partial charge in [0.1, 0.15) is 6.54 Å². The maximum atomic E-state index is 13.4. The van der Waals surface area contributed by atoms with Crippen LogP contribution >= 0.6 is 23.2 Å². The van der Waals surface area contributed by atoms with Crippen molar-refractivity contribution in [2.24, 2.45) is 0 Å². The lowest BCUT2D eigenvalue weighted by Gasteiger charge is -2.25. The van der Waals surface area contributed by atoms with Crippen molar-refractivity contribution >= 4 is 50.5 Å². The van der Waals surface area contributed by atoms with Gasteiger partial charge in [-0.2, -0.15) is 0 Å². The molecule has 0 bridgehead atoms. The molecule has 0 unspecified atom stereocenters. The van der Waals surface area contributed by atoms with Crippen molar-refractivity contribution in [2.75, 3.05) is 16.2 Å². The second-order valence-corrected chi connectivity index (χ2v) is 9.43. The molecular weight excluding hydrogens is 443 g/mol. The predicted molar refractivity (Wildman–Crippen MR) is 122 cm³/mol. The average Bonchev–Trinajstić information content (AvgIpc) is 2.70. The Labute approximate surface area is 186 Å². The Bertz CT molecular complexity index is 1160. The van der Waals surface area contributed by atoms with Gasteiger partial charge in [-0.15, -0.1) is 0 Å². The molecule has 0 saturated carbocycles. The van der Waals surface area contributed by atoms with Gasteiger partial charge in [-0.1, -0.05) is 65.2 Å². The molecule has 0 fully saturated rings. The summed E-state index contributed by atoms with van der Waals surface area (Å²) >= 11 is 12.2. The van der Waals surface area contributed by atoms with E-state index in [0.29, 0.717) is 5.69 Å². The lowest BCUT2D eigenvalue weighted by atomic mass is 10.2. The van der Waals surface area contributed by atoms with Crippen molar-refractivity contribution in [3.63, 3.8) is 0 Å². The molecule has 3 rings (SSSR count). The maximum Gasteiger partial charge on any atom is 0.264 e. The third-order valence-electron chi connectivity index (χ3n) is 4.51. The van der Waals surface area contributed by atoms with Crippen molar-refractivity contribution < 1.29 is 13.2 Å². The number of carbonyl (C=O) groups excluding carboxylic acids is 1. The number of carbonyl (C=O) groups is 1. The minimum absolute atomic E-state index is 0.0972. The summed E-state index contributed by atoms with van der Waals surface area (Å²) in [6.45, 7) is 3.22.